The second-order valence-electron chi connectivity index (χ2n) is 9.93. The molecule has 0 fully saturated rings. The number of benzene rings is 1. The number of anilines is 2. The van der Waals surface area contributed by atoms with E-state index in [2.05, 4.69) is 36.4 Å². The second-order valence-corrected chi connectivity index (χ2v) is 9.93. The van der Waals surface area contributed by atoms with Crippen LogP contribution in [0.3, 0.4) is 0 Å². The average molecular weight is 463 g/mol. The minimum atomic E-state index is -1.22. The summed E-state index contributed by atoms with van der Waals surface area (Å²) < 4.78 is 11.8. The predicted octanol–water partition coefficient (Wildman–Crippen LogP) is 5.13. The van der Waals surface area contributed by atoms with E-state index in [1.165, 1.54) is 0 Å². The molecular weight excluding hydrogens is 428 g/mol. The van der Waals surface area contributed by atoms with Crippen LogP contribution < -0.4 is 21.1 Å². The average Bonchev–Trinajstić information content (AvgIpc) is 3.10. The Bertz CT molecular complexity index is 1240. The van der Waals surface area contributed by atoms with Crippen molar-refractivity contribution in [3.63, 3.8) is 0 Å². The molecule has 180 valence electrons. The first-order chi connectivity index (χ1) is 16.0. The van der Waals surface area contributed by atoms with Gasteiger partial charge in [0, 0.05) is 36.5 Å². The molecule has 0 spiro atoms. The van der Waals surface area contributed by atoms with Crippen molar-refractivity contribution in [3.05, 3.63) is 52.7 Å². The van der Waals surface area contributed by atoms with Crippen molar-refractivity contribution < 1.29 is 9.15 Å². The molecule has 0 amide bonds. The summed E-state index contributed by atoms with van der Waals surface area (Å²) >= 11 is 0. The highest BCUT2D eigenvalue weighted by Gasteiger charge is 2.35. The molecule has 4 rings (SSSR count). The molecule has 8 heteroatoms. The topological polar surface area (TPSA) is 111 Å². The Morgan fingerprint density at radius 2 is 1.91 bits per heavy atom. The molecule has 3 aromatic rings. The van der Waals surface area contributed by atoms with Gasteiger partial charge in [-0.25, -0.2) is 15.0 Å². The van der Waals surface area contributed by atoms with E-state index in [9.17, 15) is 0 Å². The molecule has 1 atom stereocenters. The Hall–Kier alpha value is -3.39. The molecule has 2 aromatic heterocycles. The van der Waals surface area contributed by atoms with Crippen LogP contribution in [0.2, 0.25) is 0 Å². The summed E-state index contributed by atoms with van der Waals surface area (Å²) in [5.41, 5.74) is 12.0. The molecule has 1 aliphatic rings. The van der Waals surface area contributed by atoms with Crippen LogP contribution in [0.15, 0.2) is 33.7 Å². The van der Waals surface area contributed by atoms with E-state index in [-0.39, 0.29) is 5.41 Å². The number of pyridine rings is 1. The van der Waals surface area contributed by atoms with Gasteiger partial charge in [0.1, 0.15) is 5.75 Å². The summed E-state index contributed by atoms with van der Waals surface area (Å²) in [4.78, 5) is 13.8. The lowest BCUT2D eigenvalue weighted by molar-refractivity contribution is 0.328. The highest BCUT2D eigenvalue weighted by Crippen LogP contribution is 2.39. The maximum absolute atomic E-state index is 6.86. The largest absolute Gasteiger partial charge is 0.493 e. The number of aliphatic imine (C=N–C) groups is 1. The minimum absolute atomic E-state index is 0.0933. The number of ether oxygens (including phenoxy) is 1. The van der Waals surface area contributed by atoms with Crippen LogP contribution in [0, 0.1) is 26.2 Å². The van der Waals surface area contributed by atoms with Crippen molar-refractivity contribution in [1.29, 1.82) is 0 Å². The maximum atomic E-state index is 6.86. The van der Waals surface area contributed by atoms with Gasteiger partial charge >= 0.3 is 0 Å². The van der Waals surface area contributed by atoms with Crippen molar-refractivity contribution in [3.8, 4) is 17.1 Å². The van der Waals surface area contributed by atoms with E-state index >= 15 is 0 Å². The van der Waals surface area contributed by atoms with Crippen LogP contribution in [-0.4, -0.2) is 29.3 Å². The number of hydrogen-bond donors (Lipinski definition) is 3. The zero-order valence-electron chi connectivity index (χ0n) is 21.0. The zero-order valence-corrected chi connectivity index (χ0v) is 21.0. The molecule has 1 aliphatic heterocycles. The molecule has 0 saturated heterocycles. The highest BCUT2D eigenvalue weighted by molar-refractivity contribution is 5.94. The zero-order chi connectivity index (χ0) is 24.7. The van der Waals surface area contributed by atoms with E-state index in [1.54, 1.807) is 6.21 Å². The summed E-state index contributed by atoms with van der Waals surface area (Å²) in [6.07, 6.45) is 1.80. The standard InChI is InChI=1S/C26H34N6O2/c1-8-33-21-12-18(23-16(3)31-17(4)34-23)9-10-20(21)26(27)29-13-19-11-15(2)30-24(22(19)32-26)28-14-25(5,6)7/h9-13,32H,8,14,27H2,1-7H3,(H,28,30). The lowest BCUT2D eigenvalue weighted by Crippen LogP contribution is -2.45. The summed E-state index contributed by atoms with van der Waals surface area (Å²) in [5.74, 6) is 1.51. The van der Waals surface area contributed by atoms with Crippen molar-refractivity contribution >= 4 is 17.7 Å². The summed E-state index contributed by atoms with van der Waals surface area (Å²) in [7, 11) is 0. The van der Waals surface area contributed by atoms with Crippen LogP contribution >= 0.6 is 0 Å². The SMILES string of the molecule is CCOc1cc(-c2oc(C)nc2C)ccc1C1(N)N=Cc2cc(C)nc(NCC(C)(C)C)c2N1. The van der Waals surface area contributed by atoms with Gasteiger partial charge in [0.25, 0.3) is 0 Å². The number of rotatable bonds is 6. The van der Waals surface area contributed by atoms with Gasteiger partial charge in [-0.1, -0.05) is 26.8 Å². The van der Waals surface area contributed by atoms with Gasteiger partial charge in [-0.3, -0.25) is 5.73 Å². The van der Waals surface area contributed by atoms with E-state index in [0.717, 1.165) is 51.9 Å². The number of fused-ring (bicyclic) bond motifs is 1. The van der Waals surface area contributed by atoms with Gasteiger partial charge in [0.15, 0.2) is 17.5 Å². The van der Waals surface area contributed by atoms with E-state index < -0.39 is 5.79 Å². The van der Waals surface area contributed by atoms with Crippen LogP contribution in [0.1, 0.15) is 56.1 Å². The van der Waals surface area contributed by atoms with Crippen molar-refractivity contribution in [2.45, 2.75) is 54.3 Å². The number of nitrogens with two attached hydrogens (primary N) is 1. The summed E-state index contributed by atoms with van der Waals surface area (Å²) in [6, 6.07) is 7.81. The first-order valence-corrected chi connectivity index (χ1v) is 11.6. The third-order valence-corrected chi connectivity index (χ3v) is 5.54. The third-order valence-electron chi connectivity index (χ3n) is 5.54. The molecule has 0 bridgehead atoms. The minimum Gasteiger partial charge on any atom is -0.493 e. The predicted molar refractivity (Wildman–Crippen MR) is 137 cm³/mol. The molecule has 8 nitrogen and oxygen atoms in total. The first kappa shape index (κ1) is 23.8. The molecule has 0 saturated carbocycles. The fraction of sp³-hybridized carbons (Fsp3) is 0.423. The molecule has 4 N–H and O–H groups in total. The lowest BCUT2D eigenvalue weighted by atomic mass is 9.97. The molecule has 3 heterocycles. The van der Waals surface area contributed by atoms with Gasteiger partial charge in [0.05, 0.1) is 23.6 Å². The Labute approximate surface area is 201 Å². The van der Waals surface area contributed by atoms with Gasteiger partial charge in [-0.05, 0) is 44.4 Å². The Kier molecular flexibility index (Phi) is 6.12. The number of nitrogens with zero attached hydrogens (tertiary/aromatic N) is 3. The van der Waals surface area contributed by atoms with Crippen LogP contribution in [0.25, 0.3) is 11.3 Å². The Morgan fingerprint density at radius 1 is 1.15 bits per heavy atom. The van der Waals surface area contributed by atoms with Crippen LogP contribution in [0.5, 0.6) is 5.75 Å². The van der Waals surface area contributed by atoms with E-state index in [1.807, 2.05) is 52.0 Å². The fourth-order valence-corrected chi connectivity index (χ4v) is 3.99. The van der Waals surface area contributed by atoms with Gasteiger partial charge in [0.2, 0.25) is 5.79 Å². The number of oxazole rings is 1. The summed E-state index contributed by atoms with van der Waals surface area (Å²) in [6.45, 7) is 15.5. The highest BCUT2D eigenvalue weighted by atomic mass is 16.5. The molecule has 1 unspecified atom stereocenters. The monoisotopic (exact) mass is 462 g/mol. The number of nitrogens with one attached hydrogen (secondary N) is 2. The van der Waals surface area contributed by atoms with E-state index in [4.69, 9.17) is 24.9 Å². The second kappa shape index (κ2) is 8.76. The molecule has 1 aromatic carbocycles. The normalized spacial score (nSPS) is 17.3. The first-order valence-electron chi connectivity index (χ1n) is 11.6. The van der Waals surface area contributed by atoms with Crippen LogP contribution in [-0.2, 0) is 5.79 Å². The van der Waals surface area contributed by atoms with Gasteiger partial charge < -0.3 is 19.8 Å². The van der Waals surface area contributed by atoms with Crippen molar-refractivity contribution in [2.24, 2.45) is 16.1 Å². The molecule has 0 radical (unpaired) electrons. The third kappa shape index (κ3) is 4.77. The van der Waals surface area contributed by atoms with E-state index in [0.29, 0.717) is 18.2 Å². The lowest BCUT2D eigenvalue weighted by Gasteiger charge is -2.34. The molecule has 34 heavy (non-hydrogen) atoms. The fourth-order valence-electron chi connectivity index (χ4n) is 3.99. The van der Waals surface area contributed by atoms with Gasteiger partial charge in [-0.15, -0.1) is 0 Å². The molecular formula is C26H34N6O2. The maximum Gasteiger partial charge on any atom is 0.212 e. The molecule has 0 aliphatic carbocycles. The number of aromatic nitrogens is 2. The smallest absolute Gasteiger partial charge is 0.212 e. The van der Waals surface area contributed by atoms with Crippen LogP contribution in [0.4, 0.5) is 11.5 Å². The number of hydrogen-bond acceptors (Lipinski definition) is 8. The van der Waals surface area contributed by atoms with Crippen molar-refractivity contribution in [1.82, 2.24) is 9.97 Å². The Morgan fingerprint density at radius 3 is 2.56 bits per heavy atom. The Balaban J connectivity index is 1.74. The summed E-state index contributed by atoms with van der Waals surface area (Å²) in [5, 5.41) is 6.91. The van der Waals surface area contributed by atoms with Gasteiger partial charge in [-0.2, -0.15) is 0 Å². The number of aryl methyl sites for hydroxylation is 3. The quantitative estimate of drug-likeness (QED) is 0.465. The van der Waals surface area contributed by atoms with Crippen molar-refractivity contribution in [2.75, 3.05) is 23.8 Å².